The van der Waals surface area contributed by atoms with Crippen LogP contribution in [0.3, 0.4) is 0 Å². The summed E-state index contributed by atoms with van der Waals surface area (Å²) in [5.74, 6) is 2.59. The Kier molecular flexibility index (Phi) is 7.19. The molecule has 4 heteroatoms. The highest BCUT2D eigenvalue weighted by Crippen LogP contribution is 2.24. The Morgan fingerprint density at radius 1 is 0.679 bits per heavy atom. The Labute approximate surface area is 167 Å². The fourth-order valence-corrected chi connectivity index (χ4v) is 2.78. The molecule has 0 heterocycles. The Morgan fingerprint density at radius 2 is 1.39 bits per heavy atom. The van der Waals surface area contributed by atoms with Crippen molar-refractivity contribution in [2.45, 2.75) is 13.8 Å². The largest absolute Gasteiger partial charge is 0.491 e. The van der Waals surface area contributed by atoms with Gasteiger partial charge in [-0.2, -0.15) is 0 Å². The lowest BCUT2D eigenvalue weighted by molar-refractivity contribution is 0.217. The molecular formula is C24H27NO3. The quantitative estimate of drug-likeness (QED) is 0.490. The van der Waals surface area contributed by atoms with E-state index in [1.165, 1.54) is 5.56 Å². The molecule has 0 atom stereocenters. The number of hydrogen-bond acceptors (Lipinski definition) is 4. The summed E-state index contributed by atoms with van der Waals surface area (Å²) in [6.07, 6.45) is 0. The van der Waals surface area contributed by atoms with Gasteiger partial charge in [0.15, 0.2) is 0 Å². The van der Waals surface area contributed by atoms with Gasteiger partial charge in [-0.1, -0.05) is 42.5 Å². The molecular weight excluding hydrogens is 350 g/mol. The predicted molar refractivity (Wildman–Crippen MR) is 114 cm³/mol. The third kappa shape index (κ3) is 5.95. The molecule has 0 radical (unpaired) electrons. The average Bonchev–Trinajstić information content (AvgIpc) is 2.72. The smallest absolute Gasteiger partial charge is 0.142 e. The monoisotopic (exact) mass is 377 g/mol. The van der Waals surface area contributed by atoms with E-state index in [4.69, 9.17) is 14.2 Å². The molecule has 3 aromatic carbocycles. The number of para-hydroxylation sites is 3. The van der Waals surface area contributed by atoms with Gasteiger partial charge in [0.25, 0.3) is 0 Å². The second-order valence-electron chi connectivity index (χ2n) is 6.55. The van der Waals surface area contributed by atoms with Crippen molar-refractivity contribution in [2.24, 2.45) is 0 Å². The molecule has 0 amide bonds. The fraction of sp³-hybridized carbons (Fsp3) is 0.250. The minimum absolute atomic E-state index is 0.479. The number of aryl methyl sites for hydroxylation is 2. The molecule has 1 N–H and O–H groups in total. The average molecular weight is 377 g/mol. The molecule has 0 aliphatic carbocycles. The van der Waals surface area contributed by atoms with Gasteiger partial charge in [0.2, 0.25) is 0 Å². The fourth-order valence-electron chi connectivity index (χ4n) is 2.78. The Morgan fingerprint density at radius 3 is 2.25 bits per heavy atom. The Hall–Kier alpha value is -3.14. The third-order valence-electron chi connectivity index (χ3n) is 4.26. The summed E-state index contributed by atoms with van der Waals surface area (Å²) in [5.41, 5.74) is 3.30. The lowest BCUT2D eigenvalue weighted by atomic mass is 10.1. The molecule has 3 rings (SSSR count). The Balaban J connectivity index is 1.43. The van der Waals surface area contributed by atoms with Crippen molar-refractivity contribution in [1.82, 2.24) is 0 Å². The number of hydrogen-bond donors (Lipinski definition) is 1. The van der Waals surface area contributed by atoms with Gasteiger partial charge in [-0.15, -0.1) is 0 Å². The maximum atomic E-state index is 5.90. The molecule has 4 nitrogen and oxygen atoms in total. The normalized spacial score (nSPS) is 10.4. The van der Waals surface area contributed by atoms with Gasteiger partial charge in [-0.3, -0.25) is 0 Å². The van der Waals surface area contributed by atoms with Crippen LogP contribution in [0.1, 0.15) is 11.1 Å². The summed E-state index contributed by atoms with van der Waals surface area (Å²) >= 11 is 0. The number of nitrogens with one attached hydrogen (secondary N) is 1. The third-order valence-corrected chi connectivity index (χ3v) is 4.26. The summed E-state index contributed by atoms with van der Waals surface area (Å²) in [6, 6.07) is 23.9. The molecule has 146 valence electrons. The van der Waals surface area contributed by atoms with Crippen molar-refractivity contribution in [3.05, 3.63) is 83.9 Å². The van der Waals surface area contributed by atoms with E-state index in [0.717, 1.165) is 28.5 Å². The molecule has 28 heavy (non-hydrogen) atoms. The van der Waals surface area contributed by atoms with Gasteiger partial charge in [0.1, 0.15) is 37.1 Å². The van der Waals surface area contributed by atoms with Crippen LogP contribution < -0.4 is 19.5 Å². The molecule has 0 saturated heterocycles. The van der Waals surface area contributed by atoms with E-state index in [0.29, 0.717) is 26.4 Å². The molecule has 0 aliphatic rings. The van der Waals surface area contributed by atoms with Crippen LogP contribution in [0, 0.1) is 13.8 Å². The minimum atomic E-state index is 0.479. The van der Waals surface area contributed by atoms with Crippen LogP contribution in [0.15, 0.2) is 72.8 Å². The van der Waals surface area contributed by atoms with Crippen molar-refractivity contribution in [3.8, 4) is 17.2 Å². The van der Waals surface area contributed by atoms with Crippen LogP contribution in [0.25, 0.3) is 0 Å². The summed E-state index contributed by atoms with van der Waals surface area (Å²) in [4.78, 5) is 0. The van der Waals surface area contributed by atoms with E-state index in [9.17, 15) is 0 Å². The molecule has 0 saturated carbocycles. The first kappa shape index (κ1) is 19.6. The highest BCUT2D eigenvalue weighted by atomic mass is 16.5. The number of anilines is 1. The van der Waals surface area contributed by atoms with Crippen LogP contribution in [0.2, 0.25) is 0 Å². The summed E-state index contributed by atoms with van der Waals surface area (Å²) < 4.78 is 17.5. The topological polar surface area (TPSA) is 39.7 Å². The van der Waals surface area contributed by atoms with E-state index in [-0.39, 0.29) is 0 Å². The van der Waals surface area contributed by atoms with Gasteiger partial charge in [-0.25, -0.2) is 0 Å². The molecule has 0 bridgehead atoms. The van der Waals surface area contributed by atoms with Gasteiger partial charge in [0, 0.05) is 6.54 Å². The van der Waals surface area contributed by atoms with Crippen molar-refractivity contribution in [3.63, 3.8) is 0 Å². The van der Waals surface area contributed by atoms with E-state index < -0.39 is 0 Å². The first-order valence-corrected chi connectivity index (χ1v) is 9.56. The maximum absolute atomic E-state index is 5.90. The zero-order chi connectivity index (χ0) is 19.6. The van der Waals surface area contributed by atoms with E-state index in [1.54, 1.807) is 0 Å². The molecule has 3 aromatic rings. The number of rotatable bonds is 10. The van der Waals surface area contributed by atoms with Crippen LogP contribution in [-0.2, 0) is 0 Å². The lowest BCUT2D eigenvalue weighted by Crippen LogP contribution is -2.14. The summed E-state index contributed by atoms with van der Waals surface area (Å²) in [6.45, 7) is 6.37. The van der Waals surface area contributed by atoms with Crippen LogP contribution in [-0.4, -0.2) is 26.4 Å². The van der Waals surface area contributed by atoms with Crippen molar-refractivity contribution < 1.29 is 14.2 Å². The number of benzene rings is 3. The van der Waals surface area contributed by atoms with Crippen LogP contribution in [0.5, 0.6) is 17.2 Å². The molecule has 0 aliphatic heterocycles. The first-order chi connectivity index (χ1) is 13.7. The SMILES string of the molecule is Cc1ccc(C)c(OCCNc2ccccc2OCCOc2ccccc2)c1. The second-order valence-corrected chi connectivity index (χ2v) is 6.55. The van der Waals surface area contributed by atoms with Crippen molar-refractivity contribution >= 4 is 5.69 Å². The van der Waals surface area contributed by atoms with Crippen LogP contribution >= 0.6 is 0 Å². The first-order valence-electron chi connectivity index (χ1n) is 9.56. The van der Waals surface area contributed by atoms with Gasteiger partial charge in [0.05, 0.1) is 5.69 Å². The summed E-state index contributed by atoms with van der Waals surface area (Å²) in [7, 11) is 0. The Bertz CT molecular complexity index is 865. The predicted octanol–water partition coefficient (Wildman–Crippen LogP) is 5.25. The zero-order valence-electron chi connectivity index (χ0n) is 16.5. The van der Waals surface area contributed by atoms with E-state index >= 15 is 0 Å². The number of ether oxygens (including phenoxy) is 3. The minimum Gasteiger partial charge on any atom is -0.491 e. The van der Waals surface area contributed by atoms with Crippen LogP contribution in [0.4, 0.5) is 5.69 Å². The van der Waals surface area contributed by atoms with Crippen molar-refractivity contribution in [1.29, 1.82) is 0 Å². The van der Waals surface area contributed by atoms with Gasteiger partial charge < -0.3 is 19.5 Å². The molecule has 0 aromatic heterocycles. The van der Waals surface area contributed by atoms with Gasteiger partial charge in [-0.05, 0) is 55.3 Å². The standard InChI is InChI=1S/C24H27NO3/c1-19-12-13-20(2)24(18-19)27-15-14-25-22-10-6-7-11-23(22)28-17-16-26-21-8-4-3-5-9-21/h3-13,18,25H,14-17H2,1-2H3. The molecule has 0 unspecified atom stereocenters. The lowest BCUT2D eigenvalue weighted by Gasteiger charge is -2.15. The van der Waals surface area contributed by atoms with E-state index in [2.05, 4.69) is 37.4 Å². The maximum Gasteiger partial charge on any atom is 0.142 e. The van der Waals surface area contributed by atoms with Gasteiger partial charge >= 0.3 is 0 Å². The van der Waals surface area contributed by atoms with E-state index in [1.807, 2.05) is 54.6 Å². The molecule has 0 spiro atoms. The highest BCUT2D eigenvalue weighted by Gasteiger charge is 2.04. The second kappa shape index (κ2) is 10.3. The highest BCUT2D eigenvalue weighted by molar-refractivity contribution is 5.56. The molecule has 0 fully saturated rings. The zero-order valence-corrected chi connectivity index (χ0v) is 16.5. The van der Waals surface area contributed by atoms with Crippen molar-refractivity contribution in [2.75, 3.05) is 31.7 Å². The summed E-state index contributed by atoms with van der Waals surface area (Å²) in [5, 5.41) is 3.39.